The summed E-state index contributed by atoms with van der Waals surface area (Å²) < 4.78 is 24.0. The highest BCUT2D eigenvalue weighted by atomic mass is 16.7. The molecule has 3 aromatic carbocycles. The molecule has 1 aliphatic heterocycles. The number of methoxy groups -OCH3 is 2. The fourth-order valence-electron chi connectivity index (χ4n) is 4.87. The Morgan fingerprint density at radius 3 is 1.70 bits per heavy atom. The van der Waals surface area contributed by atoms with E-state index < -0.39 is 0 Å². The van der Waals surface area contributed by atoms with Crippen molar-refractivity contribution in [2.75, 3.05) is 14.2 Å². The van der Waals surface area contributed by atoms with Crippen LogP contribution < -0.4 is 9.47 Å². The third-order valence-electron chi connectivity index (χ3n) is 7.66. The molecule has 1 atom stereocenters. The first kappa shape index (κ1) is 27.2. The molecule has 196 valence electrons. The monoisotopic (exact) mass is 501 g/mol. The normalized spacial score (nSPS) is 17.1. The SMILES string of the molecule is COc1ccc(CC(CB2OC(C)(C)C(C)(C)O2)N(Cc2ccccc2)Cc2ccccc2)cc1OC. The lowest BCUT2D eigenvalue weighted by Crippen LogP contribution is -2.41. The van der Waals surface area contributed by atoms with Crippen LogP contribution >= 0.6 is 0 Å². The van der Waals surface area contributed by atoms with Gasteiger partial charge in [0.1, 0.15) is 0 Å². The molecule has 0 spiro atoms. The summed E-state index contributed by atoms with van der Waals surface area (Å²) in [6.45, 7) is 10.1. The predicted molar refractivity (Wildman–Crippen MR) is 150 cm³/mol. The van der Waals surface area contributed by atoms with Gasteiger partial charge in [0.05, 0.1) is 25.4 Å². The average molecular weight is 501 g/mol. The molecule has 5 nitrogen and oxygen atoms in total. The first-order valence-electron chi connectivity index (χ1n) is 13.1. The second-order valence-electron chi connectivity index (χ2n) is 10.8. The van der Waals surface area contributed by atoms with Crippen molar-refractivity contribution in [1.82, 2.24) is 4.90 Å². The summed E-state index contributed by atoms with van der Waals surface area (Å²) in [5.74, 6) is 1.48. The van der Waals surface area contributed by atoms with Gasteiger partial charge in [-0.15, -0.1) is 0 Å². The summed E-state index contributed by atoms with van der Waals surface area (Å²) in [6, 6.07) is 27.7. The Labute approximate surface area is 222 Å². The molecular weight excluding hydrogens is 461 g/mol. The smallest absolute Gasteiger partial charge is 0.459 e. The Morgan fingerprint density at radius 1 is 0.703 bits per heavy atom. The van der Waals surface area contributed by atoms with Crippen LogP contribution in [0.1, 0.15) is 44.4 Å². The molecule has 0 aliphatic carbocycles. The minimum atomic E-state index is -0.366. The number of hydrogen-bond donors (Lipinski definition) is 0. The van der Waals surface area contributed by atoms with Gasteiger partial charge in [-0.3, -0.25) is 4.90 Å². The highest BCUT2D eigenvalue weighted by molar-refractivity contribution is 6.45. The fraction of sp³-hybridized carbons (Fsp3) is 0.419. The summed E-state index contributed by atoms with van der Waals surface area (Å²) in [5, 5.41) is 0. The maximum atomic E-state index is 6.47. The van der Waals surface area contributed by atoms with Crippen LogP contribution in [0.4, 0.5) is 0 Å². The van der Waals surface area contributed by atoms with Crippen molar-refractivity contribution in [2.24, 2.45) is 0 Å². The van der Waals surface area contributed by atoms with Crippen LogP contribution in [0.2, 0.25) is 6.32 Å². The van der Waals surface area contributed by atoms with E-state index in [0.29, 0.717) is 0 Å². The van der Waals surface area contributed by atoms with Gasteiger partial charge < -0.3 is 18.8 Å². The third kappa shape index (κ3) is 6.75. The minimum Gasteiger partial charge on any atom is -0.493 e. The summed E-state index contributed by atoms with van der Waals surface area (Å²) in [4.78, 5) is 2.55. The molecule has 37 heavy (non-hydrogen) atoms. The Morgan fingerprint density at radius 2 is 1.22 bits per heavy atom. The van der Waals surface area contributed by atoms with Gasteiger partial charge in [-0.1, -0.05) is 66.7 Å². The molecule has 0 amide bonds. The standard InChI is InChI=1S/C31H40BNO4/c1-30(2)31(3,4)37-32(36-30)21-27(19-26-17-18-28(34-5)29(20-26)35-6)33(22-24-13-9-7-10-14-24)23-25-15-11-8-12-16-25/h7-18,20,27H,19,21-23H2,1-6H3. The summed E-state index contributed by atoms with van der Waals surface area (Å²) in [6.07, 6.45) is 1.57. The van der Waals surface area contributed by atoms with Gasteiger partial charge in [0.25, 0.3) is 0 Å². The van der Waals surface area contributed by atoms with Crippen molar-refractivity contribution < 1.29 is 18.8 Å². The Bertz CT molecular complexity index is 1080. The minimum absolute atomic E-state index is 0.160. The van der Waals surface area contributed by atoms with Crippen molar-refractivity contribution in [3.63, 3.8) is 0 Å². The van der Waals surface area contributed by atoms with Gasteiger partial charge in [-0.25, -0.2) is 0 Å². The van der Waals surface area contributed by atoms with E-state index in [0.717, 1.165) is 37.3 Å². The third-order valence-corrected chi connectivity index (χ3v) is 7.66. The second kappa shape index (κ2) is 11.7. The molecule has 0 bridgehead atoms. The first-order valence-corrected chi connectivity index (χ1v) is 13.1. The highest BCUT2D eigenvalue weighted by Gasteiger charge is 2.51. The first-order chi connectivity index (χ1) is 17.7. The van der Waals surface area contributed by atoms with Gasteiger partial charge in [0.2, 0.25) is 0 Å². The maximum Gasteiger partial charge on any atom is 0.459 e. The summed E-state index contributed by atoms with van der Waals surface area (Å²) in [5.41, 5.74) is 3.02. The van der Waals surface area contributed by atoms with E-state index in [1.165, 1.54) is 16.7 Å². The quantitative estimate of drug-likeness (QED) is 0.284. The topological polar surface area (TPSA) is 40.2 Å². The van der Waals surface area contributed by atoms with Crippen molar-refractivity contribution in [3.05, 3.63) is 95.6 Å². The van der Waals surface area contributed by atoms with E-state index >= 15 is 0 Å². The van der Waals surface area contributed by atoms with Crippen molar-refractivity contribution in [3.8, 4) is 11.5 Å². The molecule has 1 unspecified atom stereocenters. The number of ether oxygens (including phenoxy) is 2. The number of nitrogens with zero attached hydrogens (tertiary/aromatic N) is 1. The zero-order valence-electron chi connectivity index (χ0n) is 23.1. The van der Waals surface area contributed by atoms with Crippen LogP contribution in [-0.2, 0) is 28.8 Å². The van der Waals surface area contributed by atoms with Gasteiger partial charge >= 0.3 is 7.12 Å². The van der Waals surface area contributed by atoms with E-state index in [1.54, 1.807) is 14.2 Å². The summed E-state index contributed by atoms with van der Waals surface area (Å²) >= 11 is 0. The zero-order valence-corrected chi connectivity index (χ0v) is 23.1. The molecule has 0 aromatic heterocycles. The lowest BCUT2D eigenvalue weighted by molar-refractivity contribution is 0.00578. The van der Waals surface area contributed by atoms with Gasteiger partial charge in [-0.2, -0.15) is 0 Å². The van der Waals surface area contributed by atoms with E-state index in [1.807, 2.05) is 6.07 Å². The number of rotatable bonds is 11. The van der Waals surface area contributed by atoms with Gasteiger partial charge in [0.15, 0.2) is 11.5 Å². The highest BCUT2D eigenvalue weighted by Crippen LogP contribution is 2.39. The van der Waals surface area contributed by atoms with Crippen molar-refractivity contribution in [1.29, 1.82) is 0 Å². The van der Waals surface area contributed by atoms with Gasteiger partial charge in [0, 0.05) is 19.1 Å². The Kier molecular flexibility index (Phi) is 8.63. The lowest BCUT2D eigenvalue weighted by Gasteiger charge is -2.33. The second-order valence-corrected chi connectivity index (χ2v) is 10.8. The van der Waals surface area contributed by atoms with E-state index in [-0.39, 0.29) is 24.4 Å². The van der Waals surface area contributed by atoms with E-state index in [9.17, 15) is 0 Å². The van der Waals surface area contributed by atoms with Crippen molar-refractivity contribution in [2.45, 2.75) is 70.8 Å². The molecule has 1 fully saturated rings. The molecule has 0 N–H and O–H groups in total. The zero-order chi connectivity index (χ0) is 26.5. The molecule has 3 aromatic rings. The number of benzene rings is 3. The van der Waals surface area contributed by atoms with E-state index in [2.05, 4.69) is 105 Å². The Hall–Kier alpha value is -2.80. The molecular formula is C31H40BNO4. The van der Waals surface area contributed by atoms with Crippen LogP contribution in [0.15, 0.2) is 78.9 Å². The van der Waals surface area contributed by atoms with Crippen LogP contribution in [-0.4, -0.2) is 43.5 Å². The van der Waals surface area contributed by atoms with Crippen LogP contribution in [0, 0.1) is 0 Å². The van der Waals surface area contributed by atoms with Gasteiger partial charge in [-0.05, 0) is 69.3 Å². The fourth-order valence-corrected chi connectivity index (χ4v) is 4.87. The molecule has 1 saturated heterocycles. The molecule has 6 heteroatoms. The van der Waals surface area contributed by atoms with E-state index in [4.69, 9.17) is 18.8 Å². The van der Waals surface area contributed by atoms with Crippen LogP contribution in [0.25, 0.3) is 0 Å². The molecule has 0 saturated carbocycles. The largest absolute Gasteiger partial charge is 0.493 e. The molecule has 1 heterocycles. The van der Waals surface area contributed by atoms with Crippen LogP contribution in [0.3, 0.4) is 0 Å². The van der Waals surface area contributed by atoms with Crippen molar-refractivity contribution >= 4 is 7.12 Å². The molecule has 0 radical (unpaired) electrons. The lowest BCUT2D eigenvalue weighted by atomic mass is 9.78. The number of hydrogen-bond acceptors (Lipinski definition) is 5. The Balaban J connectivity index is 1.67. The predicted octanol–water partition coefficient (Wildman–Crippen LogP) is 6.41. The molecule has 1 aliphatic rings. The maximum absolute atomic E-state index is 6.47. The summed E-state index contributed by atoms with van der Waals surface area (Å²) in [7, 11) is 3.06. The van der Waals surface area contributed by atoms with Crippen LogP contribution in [0.5, 0.6) is 11.5 Å². The molecule has 4 rings (SSSR count). The average Bonchev–Trinajstić information content (AvgIpc) is 3.09.